The minimum Gasteiger partial charge on any atom is -0.383 e. The lowest BCUT2D eigenvalue weighted by Gasteiger charge is -2.06. The smallest absolute Gasteiger partial charge is 0.191 e. The number of rotatable bonds is 6. The molecule has 0 atom stereocenters. The second-order valence-corrected chi connectivity index (χ2v) is 5.46. The summed E-state index contributed by atoms with van der Waals surface area (Å²) in [7, 11) is 1.66. The third-order valence-corrected chi connectivity index (χ3v) is 3.86. The van der Waals surface area contributed by atoms with E-state index in [9.17, 15) is 0 Å². The number of aromatic nitrogens is 4. The van der Waals surface area contributed by atoms with Gasteiger partial charge in [-0.2, -0.15) is 0 Å². The van der Waals surface area contributed by atoms with Gasteiger partial charge in [-0.1, -0.05) is 35.0 Å². The molecule has 0 fully saturated rings. The van der Waals surface area contributed by atoms with E-state index in [2.05, 4.69) is 15.2 Å². The van der Waals surface area contributed by atoms with E-state index in [-0.39, 0.29) is 0 Å². The Morgan fingerprint density at radius 2 is 2.26 bits per heavy atom. The molecule has 0 radical (unpaired) electrons. The van der Waals surface area contributed by atoms with E-state index < -0.39 is 0 Å². The third-order valence-electron chi connectivity index (χ3n) is 2.34. The van der Waals surface area contributed by atoms with Gasteiger partial charge in [0, 0.05) is 25.6 Å². The van der Waals surface area contributed by atoms with Crippen LogP contribution in [0.4, 0.5) is 0 Å². The van der Waals surface area contributed by atoms with E-state index in [1.54, 1.807) is 25.7 Å². The maximum absolute atomic E-state index is 6.07. The molecule has 2 heterocycles. The Morgan fingerprint density at radius 3 is 3.00 bits per heavy atom. The highest BCUT2D eigenvalue weighted by Crippen LogP contribution is 2.25. The lowest BCUT2D eigenvalue weighted by Crippen LogP contribution is -2.04. The summed E-state index contributed by atoms with van der Waals surface area (Å²) in [5.74, 6) is 0.613. The first kappa shape index (κ1) is 14.6. The van der Waals surface area contributed by atoms with Crippen LogP contribution in [0, 0.1) is 0 Å². The number of pyridine rings is 1. The van der Waals surface area contributed by atoms with E-state index >= 15 is 0 Å². The Hall–Kier alpha value is -0.820. The van der Waals surface area contributed by atoms with Gasteiger partial charge >= 0.3 is 0 Å². The van der Waals surface area contributed by atoms with Crippen molar-refractivity contribution in [3.05, 3.63) is 34.3 Å². The standard InChI is InChI=1S/C11H12Cl2N4OS/c1-18-3-2-17-7-15-16-11(17)19-6-10-9(13)4-8(12)5-14-10/h4-5,7H,2-3,6H2,1H3. The molecule has 0 amide bonds. The van der Waals surface area contributed by atoms with Gasteiger partial charge in [0.25, 0.3) is 0 Å². The highest BCUT2D eigenvalue weighted by Gasteiger charge is 2.08. The largest absolute Gasteiger partial charge is 0.383 e. The highest BCUT2D eigenvalue weighted by molar-refractivity contribution is 7.98. The van der Waals surface area contributed by atoms with Crippen LogP contribution in [-0.4, -0.2) is 33.5 Å². The molecule has 19 heavy (non-hydrogen) atoms. The Labute approximate surface area is 125 Å². The number of nitrogens with zero attached hydrogens (tertiary/aromatic N) is 4. The van der Waals surface area contributed by atoms with Crippen molar-refractivity contribution in [2.75, 3.05) is 13.7 Å². The topological polar surface area (TPSA) is 52.8 Å². The molecular formula is C11H12Cl2N4OS. The summed E-state index contributed by atoms with van der Waals surface area (Å²) in [4.78, 5) is 4.20. The van der Waals surface area contributed by atoms with Crippen LogP contribution in [0.3, 0.4) is 0 Å². The Morgan fingerprint density at radius 1 is 1.42 bits per heavy atom. The average molecular weight is 319 g/mol. The van der Waals surface area contributed by atoms with E-state index in [4.69, 9.17) is 27.9 Å². The average Bonchev–Trinajstić information content (AvgIpc) is 2.83. The molecule has 0 N–H and O–H groups in total. The van der Waals surface area contributed by atoms with E-state index in [0.29, 0.717) is 28.9 Å². The van der Waals surface area contributed by atoms with Crippen molar-refractivity contribution in [2.24, 2.45) is 0 Å². The number of hydrogen-bond acceptors (Lipinski definition) is 5. The van der Waals surface area contributed by atoms with Gasteiger partial charge in [0.05, 0.1) is 22.3 Å². The van der Waals surface area contributed by atoms with Crippen molar-refractivity contribution in [2.45, 2.75) is 17.5 Å². The minimum absolute atomic E-state index is 0.530. The minimum atomic E-state index is 0.530. The normalized spacial score (nSPS) is 10.9. The van der Waals surface area contributed by atoms with Gasteiger partial charge in [-0.05, 0) is 6.07 Å². The SMILES string of the molecule is COCCn1cnnc1SCc1ncc(Cl)cc1Cl. The molecule has 0 aliphatic rings. The van der Waals surface area contributed by atoms with Crippen molar-refractivity contribution < 1.29 is 4.74 Å². The fourth-order valence-corrected chi connectivity index (χ4v) is 2.81. The zero-order chi connectivity index (χ0) is 13.7. The van der Waals surface area contributed by atoms with Crippen LogP contribution in [0.1, 0.15) is 5.69 Å². The summed E-state index contributed by atoms with van der Waals surface area (Å²) >= 11 is 13.4. The lowest BCUT2D eigenvalue weighted by atomic mass is 10.4. The maximum Gasteiger partial charge on any atom is 0.191 e. The van der Waals surface area contributed by atoms with Crippen molar-refractivity contribution in [3.63, 3.8) is 0 Å². The van der Waals surface area contributed by atoms with Gasteiger partial charge < -0.3 is 9.30 Å². The zero-order valence-corrected chi connectivity index (χ0v) is 12.5. The molecule has 0 unspecified atom stereocenters. The predicted molar refractivity (Wildman–Crippen MR) is 75.7 cm³/mol. The van der Waals surface area contributed by atoms with Crippen molar-refractivity contribution in [3.8, 4) is 0 Å². The Kier molecular flexibility index (Phi) is 5.45. The molecule has 102 valence electrons. The molecule has 0 aliphatic heterocycles. The molecule has 0 bridgehead atoms. The first-order valence-corrected chi connectivity index (χ1v) is 7.24. The summed E-state index contributed by atoms with van der Waals surface area (Å²) in [5.41, 5.74) is 0.775. The van der Waals surface area contributed by atoms with Gasteiger partial charge in [-0.15, -0.1) is 10.2 Å². The Balaban J connectivity index is 2.00. The number of hydrogen-bond donors (Lipinski definition) is 0. The number of halogens is 2. The molecule has 2 aromatic rings. The second kappa shape index (κ2) is 7.09. The summed E-state index contributed by atoms with van der Waals surface area (Å²) in [6.45, 7) is 1.33. The van der Waals surface area contributed by atoms with Gasteiger partial charge in [0.1, 0.15) is 6.33 Å². The van der Waals surface area contributed by atoms with Gasteiger partial charge in [-0.25, -0.2) is 0 Å². The van der Waals surface area contributed by atoms with Crippen molar-refractivity contribution >= 4 is 35.0 Å². The van der Waals surface area contributed by atoms with Crippen LogP contribution in [0.2, 0.25) is 10.0 Å². The van der Waals surface area contributed by atoms with Crippen molar-refractivity contribution in [1.82, 2.24) is 19.7 Å². The first-order chi connectivity index (χ1) is 9.20. The lowest BCUT2D eigenvalue weighted by molar-refractivity contribution is 0.184. The molecule has 2 rings (SSSR count). The summed E-state index contributed by atoms with van der Waals surface area (Å²) in [6, 6.07) is 1.68. The molecule has 2 aromatic heterocycles. The monoisotopic (exact) mass is 318 g/mol. The fraction of sp³-hybridized carbons (Fsp3) is 0.364. The molecule has 0 saturated heterocycles. The quantitative estimate of drug-likeness (QED) is 0.766. The van der Waals surface area contributed by atoms with Crippen LogP contribution in [0.5, 0.6) is 0 Å². The maximum atomic E-state index is 6.07. The van der Waals surface area contributed by atoms with Gasteiger partial charge in [0.15, 0.2) is 5.16 Å². The molecule has 8 heteroatoms. The highest BCUT2D eigenvalue weighted by atomic mass is 35.5. The molecule has 0 aliphatic carbocycles. The second-order valence-electron chi connectivity index (χ2n) is 3.67. The zero-order valence-electron chi connectivity index (χ0n) is 10.2. The van der Waals surface area contributed by atoms with Gasteiger partial charge in [0.2, 0.25) is 0 Å². The fourth-order valence-electron chi connectivity index (χ4n) is 1.38. The van der Waals surface area contributed by atoms with Crippen LogP contribution in [-0.2, 0) is 17.0 Å². The van der Waals surface area contributed by atoms with Crippen LogP contribution in [0.25, 0.3) is 0 Å². The van der Waals surface area contributed by atoms with Gasteiger partial charge in [-0.3, -0.25) is 4.98 Å². The molecule has 0 saturated carbocycles. The molecular weight excluding hydrogens is 307 g/mol. The van der Waals surface area contributed by atoms with E-state index in [1.807, 2.05) is 4.57 Å². The third kappa shape index (κ3) is 4.07. The molecule has 0 spiro atoms. The van der Waals surface area contributed by atoms with Crippen LogP contribution in [0.15, 0.2) is 23.7 Å². The summed E-state index contributed by atoms with van der Waals surface area (Å²) in [5, 5.41) is 9.84. The summed E-state index contributed by atoms with van der Waals surface area (Å²) in [6.07, 6.45) is 3.26. The van der Waals surface area contributed by atoms with Crippen LogP contribution >= 0.6 is 35.0 Å². The van der Waals surface area contributed by atoms with E-state index in [0.717, 1.165) is 10.9 Å². The predicted octanol–water partition coefficient (Wildman–Crippen LogP) is 2.92. The number of thioether (sulfide) groups is 1. The number of ether oxygens (including phenoxy) is 1. The van der Waals surface area contributed by atoms with E-state index in [1.165, 1.54) is 11.8 Å². The summed E-state index contributed by atoms with van der Waals surface area (Å²) < 4.78 is 6.96. The molecule has 0 aromatic carbocycles. The Bertz CT molecular complexity index is 549. The first-order valence-electron chi connectivity index (χ1n) is 5.50. The number of methoxy groups -OCH3 is 1. The van der Waals surface area contributed by atoms with Crippen molar-refractivity contribution in [1.29, 1.82) is 0 Å². The molecule has 5 nitrogen and oxygen atoms in total. The van der Waals surface area contributed by atoms with Crippen LogP contribution < -0.4 is 0 Å².